The highest BCUT2D eigenvalue weighted by atomic mass is 16.5. The van der Waals surface area contributed by atoms with E-state index in [1.807, 2.05) is 0 Å². The summed E-state index contributed by atoms with van der Waals surface area (Å²) in [5.74, 6) is -1.76. The van der Waals surface area contributed by atoms with Gasteiger partial charge in [0.2, 0.25) is 0 Å². The zero-order valence-corrected chi connectivity index (χ0v) is 14.5. The fourth-order valence-corrected chi connectivity index (χ4v) is 2.77. The second-order valence-corrected chi connectivity index (χ2v) is 6.37. The number of urea groups is 1. The molecule has 1 aromatic rings. The van der Waals surface area contributed by atoms with Crippen molar-refractivity contribution in [2.45, 2.75) is 58.1 Å². The van der Waals surface area contributed by atoms with Crippen molar-refractivity contribution in [1.29, 1.82) is 0 Å². The predicted octanol–water partition coefficient (Wildman–Crippen LogP) is 2.40. The Morgan fingerprint density at radius 3 is 2.52 bits per heavy atom. The lowest BCUT2D eigenvalue weighted by atomic mass is 9.96. The van der Waals surface area contributed by atoms with E-state index in [0.717, 1.165) is 37.7 Å². The summed E-state index contributed by atoms with van der Waals surface area (Å²) in [5, 5.41) is 14.7. The summed E-state index contributed by atoms with van der Waals surface area (Å²) < 4.78 is 5.02. The minimum atomic E-state index is -1.16. The molecule has 0 spiro atoms. The number of aryl methyl sites for hydroxylation is 1. The number of esters is 1. The summed E-state index contributed by atoms with van der Waals surface area (Å²) >= 11 is 0. The van der Waals surface area contributed by atoms with Crippen molar-refractivity contribution in [3.63, 3.8) is 0 Å². The van der Waals surface area contributed by atoms with Crippen LogP contribution in [-0.4, -0.2) is 35.2 Å². The van der Waals surface area contributed by atoms with E-state index in [0.29, 0.717) is 0 Å². The molecule has 1 aromatic carbocycles. The largest absolute Gasteiger partial charge is 0.507 e. The summed E-state index contributed by atoms with van der Waals surface area (Å²) in [5.41, 5.74) is 0.760. The number of carbonyl (C=O) groups is 3. The lowest BCUT2D eigenvalue weighted by Gasteiger charge is -2.23. The molecule has 2 rings (SSSR count). The average Bonchev–Trinajstić information content (AvgIpc) is 2.55. The van der Waals surface area contributed by atoms with Gasteiger partial charge in [0.1, 0.15) is 11.3 Å². The van der Waals surface area contributed by atoms with Crippen molar-refractivity contribution in [1.82, 2.24) is 10.6 Å². The van der Waals surface area contributed by atoms with E-state index in [2.05, 4.69) is 10.6 Å². The van der Waals surface area contributed by atoms with Crippen molar-refractivity contribution < 1.29 is 24.2 Å². The quantitative estimate of drug-likeness (QED) is 0.725. The van der Waals surface area contributed by atoms with Gasteiger partial charge in [-0.15, -0.1) is 0 Å². The smallest absolute Gasteiger partial charge is 0.342 e. The number of phenolic OH excluding ortho intramolecular Hbond substituents is 1. The standard InChI is InChI=1S/C18H24N2O5/c1-11-8-9-14(15(21)10-11)17(23)25-12(2)16(22)20-18(24)19-13-6-4-3-5-7-13/h8-10,12-13,21H,3-7H2,1-2H3,(H2,19,20,22,24)/t12-/m1/s1. The predicted molar refractivity (Wildman–Crippen MR) is 91.3 cm³/mol. The van der Waals surface area contributed by atoms with Gasteiger partial charge in [0.25, 0.3) is 5.91 Å². The van der Waals surface area contributed by atoms with Crippen LogP contribution in [0.3, 0.4) is 0 Å². The van der Waals surface area contributed by atoms with Gasteiger partial charge in [-0.2, -0.15) is 0 Å². The van der Waals surface area contributed by atoms with Gasteiger partial charge >= 0.3 is 12.0 Å². The summed E-state index contributed by atoms with van der Waals surface area (Å²) in [7, 11) is 0. The average molecular weight is 348 g/mol. The SMILES string of the molecule is Cc1ccc(C(=O)O[C@H](C)C(=O)NC(=O)NC2CCCCC2)c(O)c1. The lowest BCUT2D eigenvalue weighted by Crippen LogP contribution is -2.48. The van der Waals surface area contributed by atoms with Crippen LogP contribution in [0.25, 0.3) is 0 Å². The Balaban J connectivity index is 1.84. The first-order valence-electron chi connectivity index (χ1n) is 8.49. The third-order valence-corrected chi connectivity index (χ3v) is 4.20. The van der Waals surface area contributed by atoms with E-state index in [-0.39, 0.29) is 17.4 Å². The Morgan fingerprint density at radius 1 is 1.20 bits per heavy atom. The molecule has 0 heterocycles. The lowest BCUT2D eigenvalue weighted by molar-refractivity contribution is -0.127. The highest BCUT2D eigenvalue weighted by Crippen LogP contribution is 2.20. The van der Waals surface area contributed by atoms with Crippen molar-refractivity contribution in [2.75, 3.05) is 0 Å². The van der Waals surface area contributed by atoms with Crippen LogP contribution in [0.1, 0.15) is 54.9 Å². The van der Waals surface area contributed by atoms with E-state index in [9.17, 15) is 19.5 Å². The van der Waals surface area contributed by atoms with Gasteiger partial charge < -0.3 is 15.2 Å². The Kier molecular flexibility index (Phi) is 6.38. The van der Waals surface area contributed by atoms with Gasteiger partial charge in [-0.3, -0.25) is 10.1 Å². The van der Waals surface area contributed by atoms with Gasteiger partial charge in [0.05, 0.1) is 0 Å². The van der Waals surface area contributed by atoms with Crippen molar-refractivity contribution >= 4 is 17.9 Å². The van der Waals surface area contributed by atoms with Gasteiger partial charge in [0, 0.05) is 6.04 Å². The Hall–Kier alpha value is -2.57. The van der Waals surface area contributed by atoms with Crippen LogP contribution < -0.4 is 10.6 Å². The van der Waals surface area contributed by atoms with Crippen molar-refractivity contribution in [3.8, 4) is 5.75 Å². The number of ether oxygens (including phenoxy) is 1. The third-order valence-electron chi connectivity index (χ3n) is 4.20. The van der Waals surface area contributed by atoms with E-state index >= 15 is 0 Å². The Labute approximate surface area is 146 Å². The Bertz CT molecular complexity index is 653. The van der Waals surface area contributed by atoms with Gasteiger partial charge in [-0.05, 0) is 44.4 Å². The molecule has 3 N–H and O–H groups in total. The monoisotopic (exact) mass is 348 g/mol. The summed E-state index contributed by atoms with van der Waals surface area (Å²) in [6.45, 7) is 3.14. The number of carbonyl (C=O) groups excluding carboxylic acids is 3. The molecule has 0 aliphatic heterocycles. The molecule has 7 nitrogen and oxygen atoms in total. The molecule has 1 aliphatic carbocycles. The number of benzene rings is 1. The highest BCUT2D eigenvalue weighted by Gasteiger charge is 2.23. The molecule has 25 heavy (non-hydrogen) atoms. The molecule has 7 heteroatoms. The molecular weight excluding hydrogens is 324 g/mol. The first-order valence-corrected chi connectivity index (χ1v) is 8.49. The molecule has 0 bridgehead atoms. The maximum atomic E-state index is 12.0. The highest BCUT2D eigenvalue weighted by molar-refractivity contribution is 5.99. The number of phenols is 1. The number of imide groups is 1. The fraction of sp³-hybridized carbons (Fsp3) is 0.500. The Morgan fingerprint density at radius 2 is 1.88 bits per heavy atom. The van der Waals surface area contributed by atoms with Crippen LogP contribution in [0.5, 0.6) is 5.75 Å². The van der Waals surface area contributed by atoms with Crippen LogP contribution in [0.2, 0.25) is 0 Å². The molecule has 1 atom stereocenters. The summed E-state index contributed by atoms with van der Waals surface area (Å²) in [6.07, 6.45) is 3.93. The number of rotatable bonds is 4. The fourth-order valence-electron chi connectivity index (χ4n) is 2.77. The number of hydrogen-bond donors (Lipinski definition) is 3. The number of aromatic hydroxyl groups is 1. The normalized spacial score (nSPS) is 15.9. The first kappa shape index (κ1) is 18.8. The van der Waals surface area contributed by atoms with E-state index < -0.39 is 24.0 Å². The van der Waals surface area contributed by atoms with Crippen LogP contribution in [0.15, 0.2) is 18.2 Å². The van der Waals surface area contributed by atoms with Crippen molar-refractivity contribution in [2.24, 2.45) is 0 Å². The van der Waals surface area contributed by atoms with Gasteiger partial charge in [0.15, 0.2) is 6.10 Å². The molecule has 1 fully saturated rings. The molecular formula is C18H24N2O5. The molecule has 1 aliphatic rings. The molecule has 3 amide bonds. The minimum absolute atomic E-state index is 0.0306. The molecule has 0 aromatic heterocycles. The number of nitrogens with one attached hydrogen (secondary N) is 2. The molecule has 1 saturated carbocycles. The zero-order chi connectivity index (χ0) is 18.4. The first-order chi connectivity index (χ1) is 11.9. The minimum Gasteiger partial charge on any atom is -0.507 e. The summed E-state index contributed by atoms with van der Waals surface area (Å²) in [4.78, 5) is 35.9. The van der Waals surface area contributed by atoms with E-state index in [4.69, 9.17) is 4.74 Å². The zero-order valence-electron chi connectivity index (χ0n) is 14.5. The van der Waals surface area contributed by atoms with Gasteiger partial charge in [-0.1, -0.05) is 25.3 Å². The van der Waals surface area contributed by atoms with E-state index in [1.165, 1.54) is 19.1 Å². The molecule has 0 unspecified atom stereocenters. The van der Waals surface area contributed by atoms with Crippen molar-refractivity contribution in [3.05, 3.63) is 29.3 Å². The summed E-state index contributed by atoms with van der Waals surface area (Å²) in [6, 6.07) is 3.99. The maximum absolute atomic E-state index is 12.0. The van der Waals surface area contributed by atoms with Gasteiger partial charge in [-0.25, -0.2) is 9.59 Å². The van der Waals surface area contributed by atoms with Crippen LogP contribution in [0.4, 0.5) is 4.79 Å². The van der Waals surface area contributed by atoms with E-state index in [1.54, 1.807) is 13.0 Å². The number of hydrogen-bond acceptors (Lipinski definition) is 5. The number of amides is 3. The second kappa shape index (κ2) is 8.50. The topological polar surface area (TPSA) is 105 Å². The molecule has 136 valence electrons. The molecule has 0 radical (unpaired) electrons. The maximum Gasteiger partial charge on any atom is 0.342 e. The molecule has 0 saturated heterocycles. The van der Waals surface area contributed by atoms with Crippen LogP contribution in [0, 0.1) is 6.92 Å². The van der Waals surface area contributed by atoms with Crippen LogP contribution >= 0.6 is 0 Å². The third kappa shape index (κ3) is 5.48. The van der Waals surface area contributed by atoms with Crippen LogP contribution in [-0.2, 0) is 9.53 Å². The second-order valence-electron chi connectivity index (χ2n) is 6.37.